The average molecular weight is 332 g/mol. The largest absolute Gasteiger partial charge is 0.493 e. The Morgan fingerprint density at radius 3 is 2.54 bits per heavy atom. The number of nitrogens with one attached hydrogen (secondary N) is 2. The summed E-state index contributed by atoms with van der Waals surface area (Å²) in [5.41, 5.74) is 0.373. The lowest BCUT2D eigenvalue weighted by molar-refractivity contribution is -0.122. The van der Waals surface area contributed by atoms with E-state index >= 15 is 0 Å². The first kappa shape index (κ1) is 17.4. The van der Waals surface area contributed by atoms with E-state index in [1.165, 1.54) is 20.5 Å². The number of methoxy groups -OCH3 is 2. The van der Waals surface area contributed by atoms with Crippen molar-refractivity contribution in [3.05, 3.63) is 47.9 Å². The van der Waals surface area contributed by atoms with Crippen molar-refractivity contribution in [1.29, 1.82) is 0 Å². The van der Waals surface area contributed by atoms with Gasteiger partial charge in [0, 0.05) is 5.56 Å². The molecule has 0 aliphatic heterocycles. The topological polar surface area (TPSA) is 89.8 Å². The summed E-state index contributed by atoms with van der Waals surface area (Å²) in [6.45, 7) is 1.87. The van der Waals surface area contributed by atoms with Gasteiger partial charge in [-0.25, -0.2) is 0 Å². The highest BCUT2D eigenvalue weighted by atomic mass is 16.5. The molecule has 1 aromatic carbocycles. The Labute approximate surface area is 139 Å². The summed E-state index contributed by atoms with van der Waals surface area (Å²) >= 11 is 0. The van der Waals surface area contributed by atoms with E-state index in [0.29, 0.717) is 22.8 Å². The summed E-state index contributed by atoms with van der Waals surface area (Å²) in [5.74, 6) is 0.928. The molecule has 128 valence electrons. The van der Waals surface area contributed by atoms with Gasteiger partial charge in [-0.05, 0) is 37.3 Å². The molecule has 0 radical (unpaired) electrons. The Balaban J connectivity index is 1.94. The van der Waals surface area contributed by atoms with Crippen LogP contribution in [0, 0.1) is 0 Å². The molecule has 7 nitrogen and oxygen atoms in total. The quantitative estimate of drug-likeness (QED) is 0.806. The van der Waals surface area contributed by atoms with Crippen LogP contribution in [0.25, 0.3) is 0 Å². The zero-order valence-electron chi connectivity index (χ0n) is 13.8. The first-order valence-electron chi connectivity index (χ1n) is 7.38. The number of hydrogen-bond acceptors (Lipinski definition) is 5. The Kier molecular flexibility index (Phi) is 5.83. The Bertz CT molecular complexity index is 697. The molecule has 2 amide bonds. The van der Waals surface area contributed by atoms with Crippen molar-refractivity contribution in [2.75, 3.05) is 14.2 Å². The van der Waals surface area contributed by atoms with Crippen LogP contribution >= 0.6 is 0 Å². The number of benzene rings is 1. The van der Waals surface area contributed by atoms with Gasteiger partial charge in [0.1, 0.15) is 11.8 Å². The molecule has 2 aromatic rings. The second-order valence-corrected chi connectivity index (χ2v) is 5.06. The first-order valence-corrected chi connectivity index (χ1v) is 7.38. The Morgan fingerprint density at radius 2 is 1.92 bits per heavy atom. The van der Waals surface area contributed by atoms with Crippen molar-refractivity contribution in [3.63, 3.8) is 0 Å². The molecule has 0 fully saturated rings. The maximum Gasteiger partial charge on any atom is 0.252 e. The van der Waals surface area contributed by atoms with E-state index in [0.717, 1.165) is 0 Å². The highest BCUT2D eigenvalue weighted by Crippen LogP contribution is 2.27. The minimum Gasteiger partial charge on any atom is -0.493 e. The molecular formula is C17H20N2O5. The van der Waals surface area contributed by atoms with Crippen LogP contribution in [0.2, 0.25) is 0 Å². The summed E-state index contributed by atoms with van der Waals surface area (Å²) in [6.07, 6.45) is 1.53. The number of rotatable bonds is 7. The van der Waals surface area contributed by atoms with Gasteiger partial charge in [-0.15, -0.1) is 0 Å². The monoisotopic (exact) mass is 332 g/mol. The van der Waals surface area contributed by atoms with Gasteiger partial charge in [0.05, 0.1) is 27.0 Å². The number of carbonyl (C=O) groups is 2. The maximum absolute atomic E-state index is 12.3. The summed E-state index contributed by atoms with van der Waals surface area (Å²) < 4.78 is 15.4. The third-order valence-corrected chi connectivity index (χ3v) is 3.40. The molecule has 0 aliphatic rings. The molecule has 24 heavy (non-hydrogen) atoms. The van der Waals surface area contributed by atoms with E-state index in [9.17, 15) is 9.59 Å². The molecule has 1 aromatic heterocycles. The molecule has 0 spiro atoms. The van der Waals surface area contributed by atoms with Gasteiger partial charge < -0.3 is 24.5 Å². The van der Waals surface area contributed by atoms with Crippen LogP contribution in [0.1, 0.15) is 23.0 Å². The van der Waals surface area contributed by atoms with E-state index in [1.807, 2.05) is 0 Å². The lowest BCUT2D eigenvalue weighted by atomic mass is 10.1. The van der Waals surface area contributed by atoms with Crippen molar-refractivity contribution < 1.29 is 23.5 Å². The van der Waals surface area contributed by atoms with Crippen LogP contribution < -0.4 is 20.1 Å². The zero-order chi connectivity index (χ0) is 17.5. The molecule has 0 aliphatic carbocycles. The lowest BCUT2D eigenvalue weighted by Crippen LogP contribution is -2.44. The van der Waals surface area contributed by atoms with E-state index < -0.39 is 6.04 Å². The first-order chi connectivity index (χ1) is 11.5. The summed E-state index contributed by atoms with van der Waals surface area (Å²) in [5, 5.41) is 5.33. The molecule has 2 rings (SSSR count). The molecule has 0 saturated heterocycles. The predicted molar refractivity (Wildman–Crippen MR) is 87.0 cm³/mol. The molecule has 7 heteroatoms. The third kappa shape index (κ3) is 4.28. The number of amides is 2. The second kappa shape index (κ2) is 8.05. The van der Waals surface area contributed by atoms with Gasteiger partial charge in [0.15, 0.2) is 11.5 Å². The lowest BCUT2D eigenvalue weighted by Gasteiger charge is -2.14. The molecule has 0 unspecified atom stereocenters. The predicted octanol–water partition coefficient (Wildman–Crippen LogP) is 1.73. The summed E-state index contributed by atoms with van der Waals surface area (Å²) in [6, 6.07) is 7.60. The van der Waals surface area contributed by atoms with Gasteiger partial charge in [0.2, 0.25) is 5.91 Å². The zero-order valence-corrected chi connectivity index (χ0v) is 13.8. The SMILES string of the molecule is COc1ccc(C(=O)N[C@@H](C)C(=O)NCc2ccco2)cc1OC. The number of ether oxygens (including phenoxy) is 2. The Morgan fingerprint density at radius 1 is 1.17 bits per heavy atom. The second-order valence-electron chi connectivity index (χ2n) is 5.06. The Hall–Kier alpha value is -2.96. The molecule has 0 saturated carbocycles. The van der Waals surface area contributed by atoms with Crippen LogP contribution in [-0.2, 0) is 11.3 Å². The summed E-state index contributed by atoms with van der Waals surface area (Å²) in [7, 11) is 3.01. The average Bonchev–Trinajstić information content (AvgIpc) is 3.12. The number of furan rings is 1. The van der Waals surface area contributed by atoms with Gasteiger partial charge in [-0.2, -0.15) is 0 Å². The van der Waals surface area contributed by atoms with Crippen LogP contribution in [0.4, 0.5) is 0 Å². The molecular weight excluding hydrogens is 312 g/mol. The van der Waals surface area contributed by atoms with E-state index in [1.54, 1.807) is 37.3 Å². The van der Waals surface area contributed by atoms with E-state index in [-0.39, 0.29) is 18.4 Å². The normalized spacial score (nSPS) is 11.5. The van der Waals surface area contributed by atoms with Crippen molar-refractivity contribution >= 4 is 11.8 Å². The number of carbonyl (C=O) groups excluding carboxylic acids is 2. The fourth-order valence-electron chi connectivity index (χ4n) is 2.06. The van der Waals surface area contributed by atoms with Crippen molar-refractivity contribution in [3.8, 4) is 11.5 Å². The summed E-state index contributed by atoms with van der Waals surface area (Å²) in [4.78, 5) is 24.3. The molecule has 1 atom stereocenters. The van der Waals surface area contributed by atoms with Gasteiger partial charge >= 0.3 is 0 Å². The van der Waals surface area contributed by atoms with Gasteiger partial charge in [-0.1, -0.05) is 0 Å². The van der Waals surface area contributed by atoms with Crippen molar-refractivity contribution in [2.24, 2.45) is 0 Å². The minimum absolute atomic E-state index is 0.266. The fraction of sp³-hybridized carbons (Fsp3) is 0.294. The van der Waals surface area contributed by atoms with Crippen molar-refractivity contribution in [1.82, 2.24) is 10.6 Å². The van der Waals surface area contributed by atoms with Gasteiger partial charge in [0.25, 0.3) is 5.91 Å². The van der Waals surface area contributed by atoms with Crippen molar-refractivity contribution in [2.45, 2.75) is 19.5 Å². The fourth-order valence-corrected chi connectivity index (χ4v) is 2.06. The van der Waals surface area contributed by atoms with Gasteiger partial charge in [-0.3, -0.25) is 9.59 Å². The van der Waals surface area contributed by atoms with Crippen LogP contribution in [0.15, 0.2) is 41.0 Å². The standard InChI is InChI=1S/C17H20N2O5/c1-11(16(20)18-10-13-5-4-8-24-13)19-17(21)12-6-7-14(22-2)15(9-12)23-3/h4-9,11H,10H2,1-3H3,(H,18,20)(H,19,21)/t11-/m0/s1. The van der Waals surface area contributed by atoms with Crippen LogP contribution in [0.5, 0.6) is 11.5 Å². The number of hydrogen-bond donors (Lipinski definition) is 2. The van der Waals surface area contributed by atoms with Crippen LogP contribution in [-0.4, -0.2) is 32.1 Å². The van der Waals surface area contributed by atoms with Crippen LogP contribution in [0.3, 0.4) is 0 Å². The molecule has 1 heterocycles. The highest BCUT2D eigenvalue weighted by molar-refractivity contribution is 5.97. The van der Waals surface area contributed by atoms with E-state index in [2.05, 4.69) is 10.6 Å². The molecule has 0 bridgehead atoms. The molecule has 2 N–H and O–H groups in total. The minimum atomic E-state index is -0.694. The highest BCUT2D eigenvalue weighted by Gasteiger charge is 2.18. The van der Waals surface area contributed by atoms with E-state index in [4.69, 9.17) is 13.9 Å². The maximum atomic E-state index is 12.3. The third-order valence-electron chi connectivity index (χ3n) is 3.40. The smallest absolute Gasteiger partial charge is 0.252 e.